The summed E-state index contributed by atoms with van der Waals surface area (Å²) in [7, 11) is 0. The smallest absolute Gasteiger partial charge is 0.276 e. The third-order valence-electron chi connectivity index (χ3n) is 5.16. The van der Waals surface area contributed by atoms with Gasteiger partial charge in [-0.2, -0.15) is 0 Å². The summed E-state index contributed by atoms with van der Waals surface area (Å²) in [4.78, 5) is 36.4. The number of para-hydroxylation sites is 1. The van der Waals surface area contributed by atoms with Crippen molar-refractivity contribution in [1.29, 1.82) is 0 Å². The Balaban J connectivity index is 1.43. The van der Waals surface area contributed by atoms with Gasteiger partial charge in [-0.1, -0.05) is 37.5 Å². The van der Waals surface area contributed by atoms with Gasteiger partial charge in [-0.25, -0.2) is 0 Å². The number of benzene rings is 2. The molecule has 7 nitrogen and oxygen atoms in total. The van der Waals surface area contributed by atoms with Gasteiger partial charge in [0.25, 0.3) is 11.8 Å². The Kier molecular flexibility index (Phi) is 7.43. The summed E-state index contributed by atoms with van der Waals surface area (Å²) in [6.07, 6.45) is 5.25. The number of amides is 3. The molecule has 2 aromatic rings. The topological polar surface area (TPSA) is 96.5 Å². The van der Waals surface area contributed by atoms with E-state index in [1.807, 2.05) is 25.1 Å². The number of nitrogens with one attached hydrogen (secondary N) is 3. The molecule has 0 radical (unpaired) electrons. The molecule has 2 aromatic carbocycles. The predicted molar refractivity (Wildman–Crippen MR) is 114 cm³/mol. The third kappa shape index (κ3) is 6.07. The first kappa shape index (κ1) is 21.4. The molecule has 0 aromatic heterocycles. The summed E-state index contributed by atoms with van der Waals surface area (Å²) in [5, 5.41) is 2.91. The molecule has 1 aliphatic rings. The molecule has 3 rings (SSSR count). The maximum absolute atomic E-state index is 12.3. The van der Waals surface area contributed by atoms with Gasteiger partial charge in [-0.05, 0) is 55.7 Å². The molecule has 0 saturated heterocycles. The highest BCUT2D eigenvalue weighted by molar-refractivity contribution is 5.97. The fraction of sp³-hybridized carbons (Fsp3) is 0.348. The van der Waals surface area contributed by atoms with E-state index < -0.39 is 11.8 Å². The first-order valence-corrected chi connectivity index (χ1v) is 10.2. The van der Waals surface area contributed by atoms with Gasteiger partial charge < -0.3 is 10.1 Å². The number of aryl methyl sites for hydroxylation is 1. The highest BCUT2D eigenvalue weighted by Crippen LogP contribution is 2.25. The highest BCUT2D eigenvalue weighted by Gasteiger charge is 2.21. The van der Waals surface area contributed by atoms with Crippen LogP contribution in [0.4, 0.5) is 5.69 Å². The number of hydrazine groups is 1. The molecule has 0 unspecified atom stereocenters. The van der Waals surface area contributed by atoms with Crippen molar-refractivity contribution < 1.29 is 19.1 Å². The lowest BCUT2D eigenvalue weighted by atomic mass is 9.88. The number of ether oxygens (including phenoxy) is 1. The lowest BCUT2D eigenvalue weighted by Gasteiger charge is -2.20. The second-order valence-electron chi connectivity index (χ2n) is 7.46. The highest BCUT2D eigenvalue weighted by atomic mass is 16.5. The summed E-state index contributed by atoms with van der Waals surface area (Å²) >= 11 is 0. The van der Waals surface area contributed by atoms with Crippen molar-refractivity contribution in [3.8, 4) is 5.75 Å². The molecule has 7 heteroatoms. The number of rotatable bonds is 6. The van der Waals surface area contributed by atoms with Gasteiger partial charge in [-0.15, -0.1) is 0 Å². The van der Waals surface area contributed by atoms with Crippen molar-refractivity contribution in [2.75, 3.05) is 11.9 Å². The van der Waals surface area contributed by atoms with Gasteiger partial charge >= 0.3 is 0 Å². The molecule has 0 spiro atoms. The van der Waals surface area contributed by atoms with Crippen molar-refractivity contribution in [1.82, 2.24) is 10.9 Å². The second kappa shape index (κ2) is 10.4. The fourth-order valence-electron chi connectivity index (χ4n) is 3.41. The van der Waals surface area contributed by atoms with Gasteiger partial charge in [-0.3, -0.25) is 25.2 Å². The van der Waals surface area contributed by atoms with Crippen LogP contribution in [0.15, 0.2) is 48.5 Å². The Morgan fingerprint density at radius 1 is 0.933 bits per heavy atom. The molecule has 0 aliphatic heterocycles. The summed E-state index contributed by atoms with van der Waals surface area (Å²) < 4.78 is 5.44. The van der Waals surface area contributed by atoms with E-state index >= 15 is 0 Å². The monoisotopic (exact) mass is 409 g/mol. The van der Waals surface area contributed by atoms with E-state index in [4.69, 9.17) is 4.74 Å². The molecule has 158 valence electrons. The first-order valence-electron chi connectivity index (χ1n) is 10.2. The van der Waals surface area contributed by atoms with Crippen LogP contribution in [0.1, 0.15) is 48.0 Å². The van der Waals surface area contributed by atoms with Crippen LogP contribution in [0, 0.1) is 12.8 Å². The van der Waals surface area contributed by atoms with Crippen molar-refractivity contribution in [3.05, 3.63) is 59.7 Å². The maximum atomic E-state index is 12.3. The van der Waals surface area contributed by atoms with Crippen molar-refractivity contribution in [2.45, 2.75) is 39.0 Å². The van der Waals surface area contributed by atoms with Crippen molar-refractivity contribution in [3.63, 3.8) is 0 Å². The Labute approximate surface area is 176 Å². The van der Waals surface area contributed by atoms with Gasteiger partial charge in [0.15, 0.2) is 6.61 Å². The lowest BCUT2D eigenvalue weighted by molar-refractivity contribution is -0.124. The van der Waals surface area contributed by atoms with Gasteiger partial charge in [0.1, 0.15) is 5.75 Å². The average Bonchev–Trinajstić information content (AvgIpc) is 2.78. The van der Waals surface area contributed by atoms with E-state index in [1.54, 1.807) is 30.3 Å². The molecule has 3 N–H and O–H groups in total. The zero-order chi connectivity index (χ0) is 21.3. The van der Waals surface area contributed by atoms with Gasteiger partial charge in [0.2, 0.25) is 5.91 Å². The van der Waals surface area contributed by atoms with E-state index in [0.29, 0.717) is 17.0 Å². The van der Waals surface area contributed by atoms with Crippen LogP contribution in [-0.4, -0.2) is 24.3 Å². The van der Waals surface area contributed by atoms with E-state index in [-0.39, 0.29) is 18.4 Å². The quantitative estimate of drug-likeness (QED) is 0.638. The molecule has 1 saturated carbocycles. The summed E-state index contributed by atoms with van der Waals surface area (Å²) in [6.45, 7) is 1.67. The largest absolute Gasteiger partial charge is 0.483 e. The SMILES string of the molecule is Cc1ccccc1OCC(=O)NNC(=O)c1ccc(NC(=O)C2CCCCC2)cc1. The summed E-state index contributed by atoms with van der Waals surface area (Å²) in [5.74, 6) is -0.205. The van der Waals surface area contributed by atoms with E-state index in [1.165, 1.54) is 6.42 Å². The van der Waals surface area contributed by atoms with Gasteiger partial charge in [0.05, 0.1) is 0 Å². The number of anilines is 1. The standard InChI is InChI=1S/C23H27N3O4/c1-16-7-5-6-10-20(16)30-15-21(27)25-26-23(29)18-11-13-19(14-12-18)24-22(28)17-8-3-2-4-9-17/h5-7,10-14,17H,2-4,8-9,15H2,1H3,(H,24,28)(H,25,27)(H,26,29). The van der Waals surface area contributed by atoms with Crippen LogP contribution in [0.2, 0.25) is 0 Å². The fourth-order valence-corrected chi connectivity index (χ4v) is 3.41. The minimum absolute atomic E-state index is 0.0350. The Hall–Kier alpha value is -3.35. The first-order chi connectivity index (χ1) is 14.5. The lowest BCUT2D eigenvalue weighted by Crippen LogP contribution is -2.43. The zero-order valence-electron chi connectivity index (χ0n) is 17.1. The predicted octanol–water partition coefficient (Wildman–Crippen LogP) is 3.35. The molecular formula is C23H27N3O4. The molecule has 0 bridgehead atoms. The Bertz CT molecular complexity index is 890. The molecule has 30 heavy (non-hydrogen) atoms. The summed E-state index contributed by atoms with van der Waals surface area (Å²) in [6, 6.07) is 13.9. The van der Waals surface area contributed by atoms with Crippen LogP contribution in [-0.2, 0) is 9.59 Å². The van der Waals surface area contributed by atoms with Crippen LogP contribution in [0.5, 0.6) is 5.75 Å². The number of carbonyl (C=O) groups is 3. The molecular weight excluding hydrogens is 382 g/mol. The molecule has 0 heterocycles. The Morgan fingerprint density at radius 3 is 2.33 bits per heavy atom. The number of carbonyl (C=O) groups excluding carboxylic acids is 3. The van der Waals surface area contributed by atoms with Crippen LogP contribution in [0.25, 0.3) is 0 Å². The maximum Gasteiger partial charge on any atom is 0.276 e. The van der Waals surface area contributed by atoms with Crippen LogP contribution < -0.4 is 20.9 Å². The third-order valence-corrected chi connectivity index (χ3v) is 5.16. The molecule has 0 atom stereocenters. The number of hydrogen-bond acceptors (Lipinski definition) is 4. The zero-order valence-corrected chi connectivity index (χ0v) is 17.1. The molecule has 1 aliphatic carbocycles. The number of hydrogen-bond donors (Lipinski definition) is 3. The van der Waals surface area contributed by atoms with Crippen molar-refractivity contribution >= 4 is 23.4 Å². The average molecular weight is 409 g/mol. The van der Waals surface area contributed by atoms with Crippen molar-refractivity contribution in [2.24, 2.45) is 5.92 Å². The van der Waals surface area contributed by atoms with E-state index in [9.17, 15) is 14.4 Å². The normalized spacial score (nSPS) is 13.9. The minimum Gasteiger partial charge on any atom is -0.483 e. The van der Waals surface area contributed by atoms with E-state index in [2.05, 4.69) is 16.2 Å². The molecule has 1 fully saturated rings. The second-order valence-corrected chi connectivity index (χ2v) is 7.46. The van der Waals surface area contributed by atoms with Crippen LogP contribution >= 0.6 is 0 Å². The minimum atomic E-state index is -0.469. The summed E-state index contributed by atoms with van der Waals surface area (Å²) in [5.41, 5.74) is 6.62. The van der Waals surface area contributed by atoms with Gasteiger partial charge in [0, 0.05) is 17.2 Å². The Morgan fingerprint density at radius 2 is 1.63 bits per heavy atom. The van der Waals surface area contributed by atoms with E-state index in [0.717, 1.165) is 31.2 Å². The molecule has 3 amide bonds. The van der Waals surface area contributed by atoms with Crippen LogP contribution in [0.3, 0.4) is 0 Å².